The van der Waals surface area contributed by atoms with Crippen molar-refractivity contribution >= 4 is 5.69 Å². The van der Waals surface area contributed by atoms with Gasteiger partial charge in [0.15, 0.2) is 0 Å². The maximum absolute atomic E-state index is 10.9. The molecule has 130 valence electrons. The number of hydrogen-bond acceptors (Lipinski definition) is 7. The average molecular weight is 343 g/mol. The lowest BCUT2D eigenvalue weighted by atomic mass is 9.63. The molecule has 8 nitrogen and oxygen atoms in total. The molecule has 25 heavy (non-hydrogen) atoms. The fourth-order valence-electron chi connectivity index (χ4n) is 3.25. The number of benzene rings is 1. The highest BCUT2D eigenvalue weighted by Gasteiger charge is 2.62. The first kappa shape index (κ1) is 18.6. The second-order valence-corrected chi connectivity index (χ2v) is 5.49. The van der Waals surface area contributed by atoms with Crippen molar-refractivity contribution in [3.63, 3.8) is 0 Å². The lowest BCUT2D eigenvalue weighted by Crippen LogP contribution is -2.56. The van der Waals surface area contributed by atoms with Gasteiger partial charge in [0.05, 0.1) is 29.1 Å². The van der Waals surface area contributed by atoms with Gasteiger partial charge in [0, 0.05) is 33.5 Å². The van der Waals surface area contributed by atoms with Crippen molar-refractivity contribution in [2.75, 3.05) is 21.3 Å². The van der Waals surface area contributed by atoms with E-state index in [2.05, 4.69) is 0 Å². The number of nitro groups is 1. The normalized spacial score (nSPS) is 23.4. The molecule has 1 aromatic rings. The second-order valence-electron chi connectivity index (χ2n) is 5.49. The summed E-state index contributed by atoms with van der Waals surface area (Å²) in [5.74, 6) is -2.38. The quantitative estimate of drug-likeness (QED) is 0.348. The third-order valence-corrected chi connectivity index (χ3v) is 4.54. The topological polar surface area (TPSA) is 118 Å². The van der Waals surface area contributed by atoms with Gasteiger partial charge < -0.3 is 14.2 Å². The number of nitrogens with zero attached hydrogens (tertiary/aromatic N) is 3. The summed E-state index contributed by atoms with van der Waals surface area (Å²) in [6.07, 6.45) is 2.54. The van der Waals surface area contributed by atoms with Crippen molar-refractivity contribution in [2.24, 2.45) is 5.41 Å². The summed E-state index contributed by atoms with van der Waals surface area (Å²) >= 11 is 0. The van der Waals surface area contributed by atoms with Crippen LogP contribution in [0.2, 0.25) is 0 Å². The molecule has 0 aromatic heterocycles. The molecule has 0 radical (unpaired) electrons. The third kappa shape index (κ3) is 2.67. The summed E-state index contributed by atoms with van der Waals surface area (Å²) < 4.78 is 16.3. The molecule has 0 amide bonds. The number of rotatable bonds is 5. The van der Waals surface area contributed by atoms with Gasteiger partial charge in [-0.05, 0) is 11.6 Å². The zero-order valence-corrected chi connectivity index (χ0v) is 14.0. The third-order valence-electron chi connectivity index (χ3n) is 4.54. The minimum Gasteiger partial charge on any atom is -0.377 e. The minimum atomic E-state index is -1.76. The summed E-state index contributed by atoms with van der Waals surface area (Å²) in [5, 5.41) is 30.7. The molecule has 0 bridgehead atoms. The van der Waals surface area contributed by atoms with E-state index in [0.29, 0.717) is 5.56 Å². The van der Waals surface area contributed by atoms with Gasteiger partial charge in [-0.3, -0.25) is 10.1 Å². The molecular formula is C17H17N3O5. The first-order valence-corrected chi connectivity index (χ1v) is 7.34. The Balaban J connectivity index is 2.70. The van der Waals surface area contributed by atoms with Crippen LogP contribution in [0, 0.1) is 38.2 Å². The lowest BCUT2D eigenvalue weighted by Gasteiger charge is -2.47. The largest absolute Gasteiger partial charge is 0.377 e. The smallest absolute Gasteiger partial charge is 0.269 e. The van der Waals surface area contributed by atoms with Gasteiger partial charge >= 0.3 is 0 Å². The fourth-order valence-corrected chi connectivity index (χ4v) is 3.25. The molecule has 1 aliphatic carbocycles. The van der Waals surface area contributed by atoms with Gasteiger partial charge in [-0.15, -0.1) is 0 Å². The van der Waals surface area contributed by atoms with Crippen LogP contribution in [-0.4, -0.2) is 38.1 Å². The number of nitro benzene ring substituents is 1. The van der Waals surface area contributed by atoms with E-state index in [1.54, 1.807) is 6.08 Å². The van der Waals surface area contributed by atoms with Crippen molar-refractivity contribution < 1.29 is 19.1 Å². The molecule has 2 atom stereocenters. The maximum atomic E-state index is 10.9. The fraction of sp³-hybridized carbons (Fsp3) is 0.412. The predicted molar refractivity (Wildman–Crippen MR) is 86.2 cm³/mol. The standard InChI is InChI=1S/C17H17N3O5/c1-23-14-8-9-17(24-2,25-3)16(10-18,11-19)15(14)12-4-6-13(7-5-12)20(21)22/h4-9,14-15H,1-3H3. The molecule has 0 fully saturated rings. The van der Waals surface area contributed by atoms with Gasteiger partial charge in [-0.1, -0.05) is 18.2 Å². The SMILES string of the molecule is COC1C=CC(OC)(OC)C(C#N)(C#N)C1c1ccc([N+](=O)[O-])cc1. The van der Waals surface area contributed by atoms with E-state index in [0.717, 1.165) is 0 Å². The summed E-state index contributed by atoms with van der Waals surface area (Å²) in [5.41, 5.74) is -1.32. The summed E-state index contributed by atoms with van der Waals surface area (Å²) in [6, 6.07) is 9.72. The zero-order chi connectivity index (χ0) is 18.7. The van der Waals surface area contributed by atoms with Crippen LogP contribution >= 0.6 is 0 Å². The van der Waals surface area contributed by atoms with E-state index < -0.39 is 28.1 Å². The molecular weight excluding hydrogens is 326 g/mol. The highest BCUT2D eigenvalue weighted by atomic mass is 16.7. The van der Waals surface area contributed by atoms with Crippen LogP contribution in [0.4, 0.5) is 5.69 Å². The first-order chi connectivity index (χ1) is 11.9. The monoisotopic (exact) mass is 343 g/mol. The molecule has 0 N–H and O–H groups in total. The molecule has 0 heterocycles. The maximum Gasteiger partial charge on any atom is 0.269 e. The Labute approximate surface area is 145 Å². The van der Waals surface area contributed by atoms with Gasteiger partial charge in [-0.2, -0.15) is 10.5 Å². The Morgan fingerprint density at radius 1 is 1.12 bits per heavy atom. The number of ether oxygens (including phenoxy) is 3. The van der Waals surface area contributed by atoms with E-state index in [1.807, 2.05) is 12.1 Å². The van der Waals surface area contributed by atoms with Crippen LogP contribution in [0.25, 0.3) is 0 Å². The Hall–Kier alpha value is -2.78. The minimum absolute atomic E-state index is 0.0895. The lowest BCUT2D eigenvalue weighted by molar-refractivity contribution is -0.384. The van der Waals surface area contributed by atoms with Crippen LogP contribution in [0.15, 0.2) is 36.4 Å². The molecule has 1 aliphatic rings. The molecule has 0 saturated heterocycles. The predicted octanol–water partition coefficient (Wildman–Crippen LogP) is 2.29. The first-order valence-electron chi connectivity index (χ1n) is 7.34. The van der Waals surface area contributed by atoms with E-state index >= 15 is 0 Å². The average Bonchev–Trinajstić information content (AvgIpc) is 2.66. The molecule has 0 saturated carbocycles. The van der Waals surface area contributed by atoms with E-state index in [-0.39, 0.29) is 5.69 Å². The number of hydrogen-bond donors (Lipinski definition) is 0. The molecule has 2 rings (SSSR count). The van der Waals surface area contributed by atoms with E-state index in [4.69, 9.17) is 14.2 Å². The van der Waals surface area contributed by atoms with Crippen LogP contribution in [0.5, 0.6) is 0 Å². The number of non-ortho nitro benzene ring substituents is 1. The van der Waals surface area contributed by atoms with Crippen LogP contribution in [0.1, 0.15) is 11.5 Å². The summed E-state index contributed by atoms with van der Waals surface area (Å²) in [6.45, 7) is 0. The van der Waals surface area contributed by atoms with Gasteiger partial charge in [-0.25, -0.2) is 0 Å². The van der Waals surface area contributed by atoms with Gasteiger partial charge in [0.25, 0.3) is 5.69 Å². The molecule has 0 aliphatic heterocycles. The van der Waals surface area contributed by atoms with Gasteiger partial charge in [0.2, 0.25) is 11.2 Å². The highest BCUT2D eigenvalue weighted by molar-refractivity contribution is 5.44. The highest BCUT2D eigenvalue weighted by Crippen LogP contribution is 2.52. The molecule has 2 unspecified atom stereocenters. The number of nitriles is 2. The Kier molecular flexibility index (Phi) is 5.19. The van der Waals surface area contributed by atoms with Crippen molar-refractivity contribution in [3.05, 3.63) is 52.1 Å². The Morgan fingerprint density at radius 2 is 1.68 bits per heavy atom. The van der Waals surface area contributed by atoms with E-state index in [9.17, 15) is 20.6 Å². The Bertz CT molecular complexity index is 742. The van der Waals surface area contributed by atoms with E-state index in [1.165, 1.54) is 51.7 Å². The van der Waals surface area contributed by atoms with Crippen LogP contribution in [-0.2, 0) is 14.2 Å². The Morgan fingerprint density at radius 3 is 2.08 bits per heavy atom. The second kappa shape index (κ2) is 6.99. The van der Waals surface area contributed by atoms with Crippen molar-refractivity contribution in [1.82, 2.24) is 0 Å². The van der Waals surface area contributed by atoms with Crippen molar-refractivity contribution in [3.8, 4) is 12.1 Å². The zero-order valence-electron chi connectivity index (χ0n) is 14.0. The molecule has 1 aromatic carbocycles. The van der Waals surface area contributed by atoms with Crippen molar-refractivity contribution in [2.45, 2.75) is 17.8 Å². The van der Waals surface area contributed by atoms with Gasteiger partial charge in [0.1, 0.15) is 0 Å². The van der Waals surface area contributed by atoms with Crippen molar-refractivity contribution in [1.29, 1.82) is 10.5 Å². The molecule has 8 heteroatoms. The molecule has 0 spiro atoms. The van der Waals surface area contributed by atoms with Crippen LogP contribution < -0.4 is 0 Å². The van der Waals surface area contributed by atoms with Crippen LogP contribution in [0.3, 0.4) is 0 Å². The summed E-state index contributed by atoms with van der Waals surface area (Å²) in [7, 11) is 4.15. The summed E-state index contributed by atoms with van der Waals surface area (Å²) in [4.78, 5) is 10.4. The number of methoxy groups -OCH3 is 3.